The zero-order chi connectivity index (χ0) is 20.1. The van der Waals surface area contributed by atoms with Gasteiger partial charge in [0.25, 0.3) is 5.91 Å². The van der Waals surface area contributed by atoms with Crippen molar-refractivity contribution in [2.24, 2.45) is 0 Å². The maximum absolute atomic E-state index is 13.8. The summed E-state index contributed by atoms with van der Waals surface area (Å²) in [7, 11) is 0. The molecule has 2 aromatic carbocycles. The predicted octanol–water partition coefficient (Wildman–Crippen LogP) is 0.656. The van der Waals surface area contributed by atoms with Gasteiger partial charge in [-0.05, 0) is 31.2 Å². The fraction of sp³-hybridized carbons (Fsp3) is 0.381. The van der Waals surface area contributed by atoms with Crippen LogP contribution in [0.15, 0.2) is 42.5 Å². The molecule has 0 spiro atoms. The lowest BCUT2D eigenvalue weighted by atomic mass is 10.1. The van der Waals surface area contributed by atoms with Crippen LogP contribution in [0.4, 0.5) is 13.2 Å². The molecule has 0 aromatic heterocycles. The number of amides is 1. The first kappa shape index (κ1) is 20.4. The molecule has 2 aromatic rings. The molecule has 0 aliphatic carbocycles. The molecule has 3 N–H and O–H groups in total. The highest BCUT2D eigenvalue weighted by atomic mass is 19.2. The van der Waals surface area contributed by atoms with Gasteiger partial charge in [-0.1, -0.05) is 18.2 Å². The van der Waals surface area contributed by atoms with Crippen LogP contribution in [0, 0.1) is 17.5 Å². The summed E-state index contributed by atoms with van der Waals surface area (Å²) in [5, 5.41) is 1.83. The van der Waals surface area contributed by atoms with Crippen molar-refractivity contribution >= 4 is 5.91 Å². The van der Waals surface area contributed by atoms with Crippen molar-refractivity contribution in [1.82, 2.24) is 4.90 Å². The van der Waals surface area contributed by atoms with Crippen molar-refractivity contribution in [1.29, 1.82) is 0 Å². The number of rotatable bonds is 6. The molecule has 1 aliphatic heterocycles. The number of carbonyl (C=O) groups is 1. The van der Waals surface area contributed by atoms with Crippen LogP contribution in [0.1, 0.15) is 24.1 Å². The lowest BCUT2D eigenvalue weighted by molar-refractivity contribution is -0.917. The molecule has 1 fully saturated rings. The van der Waals surface area contributed by atoms with Gasteiger partial charge in [0.1, 0.15) is 18.4 Å². The highest BCUT2D eigenvalue weighted by molar-refractivity contribution is 5.77. The van der Waals surface area contributed by atoms with Crippen LogP contribution >= 0.6 is 0 Å². The van der Waals surface area contributed by atoms with E-state index in [1.165, 1.54) is 23.1 Å². The number of carbonyl (C=O) groups excluding carboxylic acids is 1. The molecule has 3 rings (SSSR count). The first-order chi connectivity index (χ1) is 13.4. The highest BCUT2D eigenvalue weighted by Crippen LogP contribution is 2.13. The number of nitrogens with one attached hydrogen (secondary N) is 1. The Morgan fingerprint density at radius 2 is 1.79 bits per heavy atom. The zero-order valence-corrected chi connectivity index (χ0v) is 15.9. The summed E-state index contributed by atoms with van der Waals surface area (Å²) in [6.45, 7) is 5.55. The Labute approximate surface area is 162 Å². The van der Waals surface area contributed by atoms with Crippen molar-refractivity contribution in [3.63, 3.8) is 0 Å². The van der Waals surface area contributed by atoms with Crippen LogP contribution in [0.5, 0.6) is 0 Å². The number of nitrogens with two attached hydrogens (primary N) is 1. The Hall–Kier alpha value is -2.38. The molecule has 0 radical (unpaired) electrons. The molecule has 1 heterocycles. The molecule has 0 saturated carbocycles. The van der Waals surface area contributed by atoms with E-state index in [1.807, 2.05) is 23.2 Å². The van der Waals surface area contributed by atoms with Crippen LogP contribution < -0.4 is 10.2 Å². The first-order valence-corrected chi connectivity index (χ1v) is 9.57. The van der Waals surface area contributed by atoms with Gasteiger partial charge >= 0.3 is 0 Å². The van der Waals surface area contributed by atoms with E-state index in [-0.39, 0.29) is 24.3 Å². The second kappa shape index (κ2) is 9.21. The summed E-state index contributed by atoms with van der Waals surface area (Å²) in [5.41, 5.74) is 1.34. The van der Waals surface area contributed by atoms with Gasteiger partial charge in [-0.25, -0.2) is 13.2 Å². The number of quaternary nitrogens is 2. The van der Waals surface area contributed by atoms with Crippen molar-refractivity contribution in [3.05, 3.63) is 71.0 Å². The molecule has 1 amide bonds. The summed E-state index contributed by atoms with van der Waals surface area (Å²) in [6, 6.07) is 10.5. The van der Waals surface area contributed by atoms with Crippen molar-refractivity contribution in [3.8, 4) is 0 Å². The maximum Gasteiger partial charge on any atom is 0.278 e. The Kier molecular flexibility index (Phi) is 6.70. The average Bonchev–Trinajstić information content (AvgIpc) is 2.70. The molecule has 4 nitrogen and oxygen atoms in total. The Morgan fingerprint density at radius 3 is 2.46 bits per heavy atom. The van der Waals surface area contributed by atoms with Crippen LogP contribution in [-0.2, 0) is 11.3 Å². The summed E-state index contributed by atoms with van der Waals surface area (Å²) >= 11 is 0. The minimum absolute atomic E-state index is 0.0272. The largest absolute Gasteiger partial charge is 0.333 e. The van der Waals surface area contributed by atoms with Crippen LogP contribution in [0.2, 0.25) is 0 Å². The predicted molar refractivity (Wildman–Crippen MR) is 98.9 cm³/mol. The minimum Gasteiger partial charge on any atom is -0.333 e. The van der Waals surface area contributed by atoms with Gasteiger partial charge in [0, 0.05) is 11.1 Å². The SMILES string of the molecule is C[C@@H]([NH2+]CC(=O)N1CC[NH+](Cc2ccccc2F)CC1)c1ccc(F)c(F)c1. The number of hydrogen-bond donors (Lipinski definition) is 2. The highest BCUT2D eigenvalue weighted by Gasteiger charge is 2.25. The molecule has 28 heavy (non-hydrogen) atoms. The third-order valence-corrected chi connectivity index (χ3v) is 5.34. The number of piperazine rings is 1. The van der Waals surface area contributed by atoms with Gasteiger partial charge in [-0.3, -0.25) is 4.79 Å². The fourth-order valence-corrected chi connectivity index (χ4v) is 3.50. The van der Waals surface area contributed by atoms with E-state index in [0.29, 0.717) is 30.8 Å². The zero-order valence-electron chi connectivity index (χ0n) is 15.9. The second-order valence-electron chi connectivity index (χ2n) is 7.30. The van der Waals surface area contributed by atoms with Gasteiger partial charge in [0.05, 0.1) is 26.2 Å². The van der Waals surface area contributed by atoms with E-state index in [0.717, 1.165) is 19.2 Å². The van der Waals surface area contributed by atoms with Crippen LogP contribution in [-0.4, -0.2) is 43.5 Å². The van der Waals surface area contributed by atoms with Crippen LogP contribution in [0.3, 0.4) is 0 Å². The molecule has 0 unspecified atom stereocenters. The molecular formula is C21H26F3N3O+2. The number of halogens is 3. The molecule has 1 atom stereocenters. The molecular weight excluding hydrogens is 367 g/mol. The maximum atomic E-state index is 13.8. The van der Waals surface area contributed by atoms with Crippen molar-refractivity contribution in [2.75, 3.05) is 32.7 Å². The third-order valence-electron chi connectivity index (χ3n) is 5.34. The monoisotopic (exact) mass is 393 g/mol. The first-order valence-electron chi connectivity index (χ1n) is 9.57. The lowest BCUT2D eigenvalue weighted by Crippen LogP contribution is -3.13. The lowest BCUT2D eigenvalue weighted by Gasteiger charge is -2.32. The van der Waals surface area contributed by atoms with E-state index in [1.54, 1.807) is 12.1 Å². The minimum atomic E-state index is -0.877. The molecule has 0 bridgehead atoms. The van der Waals surface area contributed by atoms with Gasteiger partial charge in [0.15, 0.2) is 18.2 Å². The third kappa shape index (κ3) is 5.11. The average molecular weight is 393 g/mol. The van der Waals surface area contributed by atoms with Gasteiger partial charge in [-0.2, -0.15) is 0 Å². The second-order valence-corrected chi connectivity index (χ2v) is 7.30. The number of nitrogens with zero attached hydrogens (tertiary/aromatic N) is 1. The Balaban J connectivity index is 1.44. The summed E-state index contributed by atoms with van der Waals surface area (Å²) in [5.74, 6) is -1.91. The molecule has 7 heteroatoms. The normalized spacial score (nSPS) is 16.2. The molecule has 1 aliphatic rings. The van der Waals surface area contributed by atoms with E-state index in [4.69, 9.17) is 0 Å². The smallest absolute Gasteiger partial charge is 0.278 e. The summed E-state index contributed by atoms with van der Waals surface area (Å²) in [6.07, 6.45) is 0. The van der Waals surface area contributed by atoms with E-state index in [2.05, 4.69) is 0 Å². The van der Waals surface area contributed by atoms with Gasteiger partial charge < -0.3 is 15.1 Å². The topological polar surface area (TPSA) is 41.4 Å². The van der Waals surface area contributed by atoms with Gasteiger partial charge in [0.2, 0.25) is 0 Å². The quantitative estimate of drug-likeness (QED) is 0.744. The van der Waals surface area contributed by atoms with Crippen LogP contribution in [0.25, 0.3) is 0 Å². The standard InChI is InChI=1S/C21H24F3N3O/c1-15(16-6-7-19(23)20(24)12-16)25-13-21(28)27-10-8-26(9-11-27)14-17-4-2-3-5-18(17)22/h2-7,12,15,25H,8-11,13-14H2,1H3/p+2/t15-/m1/s1. The Morgan fingerprint density at radius 1 is 1.07 bits per heavy atom. The molecule has 150 valence electrons. The fourth-order valence-electron chi connectivity index (χ4n) is 3.50. The Bertz CT molecular complexity index is 822. The summed E-state index contributed by atoms with van der Waals surface area (Å²) < 4.78 is 40.2. The van der Waals surface area contributed by atoms with E-state index >= 15 is 0 Å². The summed E-state index contributed by atoms with van der Waals surface area (Å²) in [4.78, 5) is 15.5. The van der Waals surface area contributed by atoms with E-state index in [9.17, 15) is 18.0 Å². The van der Waals surface area contributed by atoms with E-state index < -0.39 is 11.6 Å². The van der Waals surface area contributed by atoms with Crippen molar-refractivity contribution in [2.45, 2.75) is 19.5 Å². The number of benzene rings is 2. The van der Waals surface area contributed by atoms with Crippen molar-refractivity contribution < 1.29 is 28.2 Å². The number of hydrogen-bond acceptors (Lipinski definition) is 1. The van der Waals surface area contributed by atoms with Gasteiger partial charge in [-0.15, -0.1) is 0 Å². The molecule has 1 saturated heterocycles.